The number of amides is 2. The van der Waals surface area contributed by atoms with E-state index >= 15 is 0 Å². The lowest BCUT2D eigenvalue weighted by Gasteiger charge is -2.21. The number of carboxylic acids is 1. The molecule has 0 bridgehead atoms. The van der Waals surface area contributed by atoms with Crippen molar-refractivity contribution in [2.75, 3.05) is 11.9 Å². The maximum Gasteiger partial charge on any atom is 0.326 e. The fourth-order valence-corrected chi connectivity index (χ4v) is 1.90. The van der Waals surface area contributed by atoms with E-state index in [0.29, 0.717) is 18.7 Å². The molecule has 1 aliphatic rings. The van der Waals surface area contributed by atoms with E-state index in [1.807, 2.05) is 0 Å². The molecule has 0 radical (unpaired) electrons. The van der Waals surface area contributed by atoms with Crippen LogP contribution >= 0.6 is 0 Å². The number of pyridine rings is 1. The number of aliphatic carboxylic acids is 1. The van der Waals surface area contributed by atoms with Gasteiger partial charge in [-0.3, -0.25) is 4.98 Å². The van der Waals surface area contributed by atoms with E-state index in [1.54, 1.807) is 18.3 Å². The van der Waals surface area contributed by atoms with Gasteiger partial charge >= 0.3 is 12.0 Å². The molecule has 2 heterocycles. The lowest BCUT2D eigenvalue weighted by molar-refractivity contribution is -0.141. The summed E-state index contributed by atoms with van der Waals surface area (Å²) in [6, 6.07) is 2.31. The summed E-state index contributed by atoms with van der Waals surface area (Å²) in [5, 5.41) is 11.6. The number of carboxylic acid groups (broad SMARTS) is 1. The van der Waals surface area contributed by atoms with Crippen molar-refractivity contribution in [2.24, 2.45) is 0 Å². The molecule has 0 spiro atoms. The predicted molar refractivity (Wildman–Crippen MR) is 60.6 cm³/mol. The molecule has 2 rings (SSSR count). The third-order valence-electron chi connectivity index (χ3n) is 2.71. The zero-order chi connectivity index (χ0) is 12.3. The molecule has 1 aliphatic heterocycles. The molecule has 6 nitrogen and oxygen atoms in total. The topological polar surface area (TPSA) is 82.5 Å². The van der Waals surface area contributed by atoms with Crippen LogP contribution in [0.3, 0.4) is 0 Å². The van der Waals surface area contributed by atoms with Crippen molar-refractivity contribution < 1.29 is 14.7 Å². The second kappa shape index (κ2) is 4.82. The van der Waals surface area contributed by atoms with Gasteiger partial charge in [-0.1, -0.05) is 0 Å². The van der Waals surface area contributed by atoms with E-state index in [0.717, 1.165) is 6.42 Å². The molecule has 2 amide bonds. The first-order valence-electron chi connectivity index (χ1n) is 5.39. The van der Waals surface area contributed by atoms with E-state index in [2.05, 4.69) is 10.3 Å². The predicted octanol–water partition coefficient (Wildman–Crippen LogP) is 1.16. The first-order chi connectivity index (χ1) is 8.18. The molecule has 17 heavy (non-hydrogen) atoms. The van der Waals surface area contributed by atoms with Gasteiger partial charge in [-0.15, -0.1) is 0 Å². The minimum absolute atomic E-state index is 0.386. The zero-order valence-electron chi connectivity index (χ0n) is 9.17. The van der Waals surface area contributed by atoms with Gasteiger partial charge in [0.2, 0.25) is 0 Å². The van der Waals surface area contributed by atoms with E-state index in [9.17, 15) is 9.59 Å². The van der Waals surface area contributed by atoms with Crippen LogP contribution in [-0.2, 0) is 4.79 Å². The van der Waals surface area contributed by atoms with Crippen LogP contribution in [0.25, 0.3) is 0 Å². The lowest BCUT2D eigenvalue weighted by Crippen LogP contribution is -2.42. The van der Waals surface area contributed by atoms with E-state index in [-0.39, 0.29) is 6.03 Å². The number of nitrogens with zero attached hydrogens (tertiary/aromatic N) is 2. The Hall–Kier alpha value is -2.11. The maximum absolute atomic E-state index is 11.9. The zero-order valence-corrected chi connectivity index (χ0v) is 9.17. The van der Waals surface area contributed by atoms with Gasteiger partial charge in [-0.2, -0.15) is 0 Å². The Labute approximate surface area is 98.3 Å². The number of carbonyl (C=O) groups is 2. The fraction of sp³-hybridized carbons (Fsp3) is 0.364. The molecule has 1 aromatic heterocycles. The largest absolute Gasteiger partial charge is 0.480 e. The van der Waals surface area contributed by atoms with Crippen LogP contribution in [0, 0.1) is 0 Å². The van der Waals surface area contributed by atoms with Gasteiger partial charge in [0.05, 0.1) is 11.9 Å². The highest BCUT2D eigenvalue weighted by Gasteiger charge is 2.33. The number of hydrogen-bond donors (Lipinski definition) is 2. The average Bonchev–Trinajstić information content (AvgIpc) is 2.79. The summed E-state index contributed by atoms with van der Waals surface area (Å²) in [7, 11) is 0. The number of rotatable bonds is 2. The number of nitrogens with one attached hydrogen (secondary N) is 1. The standard InChI is InChI=1S/C11H13N3O3/c15-10(16)9-4-2-6-14(9)11(17)13-8-3-1-5-12-7-8/h1,3,5,7,9H,2,4,6H2,(H,13,17)(H,15,16)/t9-/m0/s1. The van der Waals surface area contributed by atoms with E-state index in [1.165, 1.54) is 11.1 Å². The van der Waals surface area contributed by atoms with Crippen LogP contribution in [0.15, 0.2) is 24.5 Å². The number of aromatic nitrogens is 1. The number of anilines is 1. The van der Waals surface area contributed by atoms with Crippen molar-refractivity contribution in [1.82, 2.24) is 9.88 Å². The molecule has 1 aromatic rings. The van der Waals surface area contributed by atoms with Crippen molar-refractivity contribution in [2.45, 2.75) is 18.9 Å². The Morgan fingerprint density at radius 3 is 3.00 bits per heavy atom. The second-order valence-corrected chi connectivity index (χ2v) is 3.86. The van der Waals surface area contributed by atoms with Crippen LogP contribution in [0.2, 0.25) is 0 Å². The molecule has 1 saturated heterocycles. The molecular weight excluding hydrogens is 222 g/mol. The van der Waals surface area contributed by atoms with Crippen molar-refractivity contribution in [3.63, 3.8) is 0 Å². The van der Waals surface area contributed by atoms with Gasteiger partial charge < -0.3 is 15.3 Å². The van der Waals surface area contributed by atoms with Crippen LogP contribution in [-0.4, -0.2) is 39.6 Å². The van der Waals surface area contributed by atoms with Crippen molar-refractivity contribution in [3.8, 4) is 0 Å². The Bertz CT molecular complexity index is 421. The van der Waals surface area contributed by atoms with Crippen molar-refractivity contribution in [1.29, 1.82) is 0 Å². The van der Waals surface area contributed by atoms with E-state index < -0.39 is 12.0 Å². The molecule has 0 aliphatic carbocycles. The molecule has 0 saturated carbocycles. The summed E-state index contributed by atoms with van der Waals surface area (Å²) in [5.74, 6) is -0.955. The number of urea groups is 1. The third-order valence-corrected chi connectivity index (χ3v) is 2.71. The molecule has 6 heteroatoms. The summed E-state index contributed by atoms with van der Waals surface area (Å²) in [4.78, 5) is 28.0. The molecule has 1 atom stereocenters. The number of carbonyl (C=O) groups excluding carboxylic acids is 1. The van der Waals surface area contributed by atoms with Gasteiger partial charge in [0.15, 0.2) is 0 Å². The van der Waals surface area contributed by atoms with Crippen LogP contribution in [0.1, 0.15) is 12.8 Å². The average molecular weight is 235 g/mol. The molecule has 2 N–H and O–H groups in total. The van der Waals surface area contributed by atoms with Gasteiger partial charge in [-0.05, 0) is 25.0 Å². The summed E-state index contributed by atoms with van der Waals surface area (Å²) in [6.45, 7) is 0.475. The van der Waals surface area contributed by atoms with Gasteiger partial charge in [0, 0.05) is 12.7 Å². The minimum Gasteiger partial charge on any atom is -0.480 e. The van der Waals surface area contributed by atoms with Gasteiger partial charge in [0.1, 0.15) is 6.04 Å². The van der Waals surface area contributed by atoms with Crippen molar-refractivity contribution in [3.05, 3.63) is 24.5 Å². The molecular formula is C11H13N3O3. The fourth-order valence-electron chi connectivity index (χ4n) is 1.90. The van der Waals surface area contributed by atoms with Crippen LogP contribution in [0.4, 0.5) is 10.5 Å². The van der Waals surface area contributed by atoms with Crippen LogP contribution < -0.4 is 5.32 Å². The Morgan fingerprint density at radius 2 is 2.35 bits per heavy atom. The van der Waals surface area contributed by atoms with Gasteiger partial charge in [0.25, 0.3) is 0 Å². The smallest absolute Gasteiger partial charge is 0.326 e. The Kier molecular flexibility index (Phi) is 3.22. The summed E-state index contributed by atoms with van der Waals surface area (Å²) in [5.41, 5.74) is 0.563. The Balaban J connectivity index is 2.03. The first-order valence-corrected chi connectivity index (χ1v) is 5.39. The first kappa shape index (κ1) is 11.4. The molecule has 0 aromatic carbocycles. The number of likely N-dealkylation sites (tertiary alicyclic amines) is 1. The number of hydrogen-bond acceptors (Lipinski definition) is 3. The summed E-state index contributed by atoms with van der Waals surface area (Å²) < 4.78 is 0. The summed E-state index contributed by atoms with van der Waals surface area (Å²) >= 11 is 0. The van der Waals surface area contributed by atoms with E-state index in [4.69, 9.17) is 5.11 Å². The molecule has 0 unspecified atom stereocenters. The quantitative estimate of drug-likeness (QED) is 0.805. The van der Waals surface area contributed by atoms with Crippen molar-refractivity contribution >= 4 is 17.7 Å². The molecule has 90 valence electrons. The highest BCUT2D eigenvalue weighted by Crippen LogP contribution is 2.18. The monoisotopic (exact) mass is 235 g/mol. The Morgan fingerprint density at radius 1 is 1.53 bits per heavy atom. The van der Waals surface area contributed by atoms with Crippen LogP contribution in [0.5, 0.6) is 0 Å². The molecule has 1 fully saturated rings. The minimum atomic E-state index is -0.955. The highest BCUT2D eigenvalue weighted by atomic mass is 16.4. The second-order valence-electron chi connectivity index (χ2n) is 3.86. The highest BCUT2D eigenvalue weighted by molar-refractivity contribution is 5.92. The lowest BCUT2D eigenvalue weighted by atomic mass is 10.2. The third kappa shape index (κ3) is 2.52. The normalized spacial score (nSPS) is 19.1. The SMILES string of the molecule is O=C(O)[C@@H]1CCCN1C(=O)Nc1cccnc1. The van der Waals surface area contributed by atoms with Gasteiger partial charge in [-0.25, -0.2) is 9.59 Å². The maximum atomic E-state index is 11.9. The summed E-state index contributed by atoms with van der Waals surface area (Å²) in [6.07, 6.45) is 4.35.